The summed E-state index contributed by atoms with van der Waals surface area (Å²) in [5.74, 6) is 0.399. The number of hydrogen-bond acceptors (Lipinski definition) is 4. The van der Waals surface area contributed by atoms with Gasteiger partial charge in [0.05, 0.1) is 17.0 Å². The van der Waals surface area contributed by atoms with Crippen LogP contribution in [0.3, 0.4) is 0 Å². The molecular weight excluding hydrogens is 352 g/mol. The monoisotopic (exact) mass is 374 g/mol. The lowest BCUT2D eigenvalue weighted by molar-refractivity contribution is -0.134. The molecule has 8 heteroatoms. The van der Waals surface area contributed by atoms with E-state index in [9.17, 15) is 13.2 Å². The first-order chi connectivity index (χ1) is 11.3. The number of ether oxygens (including phenoxy) is 1. The number of nitrogens with zero attached hydrogens (tertiary/aromatic N) is 2. The van der Waals surface area contributed by atoms with E-state index in [-0.39, 0.29) is 28.3 Å². The van der Waals surface area contributed by atoms with Crippen LogP contribution < -0.4 is 4.74 Å². The normalized spacial score (nSPS) is 17.0. The Labute approximate surface area is 148 Å². The van der Waals surface area contributed by atoms with Crippen molar-refractivity contribution in [3.8, 4) is 5.75 Å². The van der Waals surface area contributed by atoms with Gasteiger partial charge in [-0.05, 0) is 24.6 Å². The first-order valence-corrected chi connectivity index (χ1v) is 9.71. The fourth-order valence-electron chi connectivity index (χ4n) is 2.68. The number of carbonyl (C=O) groups excluding carboxylic acids is 1. The van der Waals surface area contributed by atoms with Gasteiger partial charge < -0.3 is 9.64 Å². The maximum absolute atomic E-state index is 12.8. The van der Waals surface area contributed by atoms with Gasteiger partial charge in [-0.25, -0.2) is 8.42 Å². The Kier molecular flexibility index (Phi) is 6.11. The zero-order chi connectivity index (χ0) is 17.9. The number of halogens is 1. The third-order valence-corrected chi connectivity index (χ3v) is 6.21. The summed E-state index contributed by atoms with van der Waals surface area (Å²) >= 11 is 6.05. The minimum Gasteiger partial charge on any atom is -0.495 e. The summed E-state index contributed by atoms with van der Waals surface area (Å²) in [6.45, 7) is 5.34. The maximum atomic E-state index is 12.8. The Bertz CT molecular complexity index is 706. The predicted octanol–water partition coefficient (Wildman–Crippen LogP) is 2.23. The molecule has 1 aromatic carbocycles. The lowest BCUT2D eigenvalue weighted by Gasteiger charge is -2.23. The van der Waals surface area contributed by atoms with Gasteiger partial charge in [-0.15, -0.1) is 0 Å². The smallest absolute Gasteiger partial charge is 0.243 e. The van der Waals surface area contributed by atoms with Crippen LogP contribution in [0, 0.1) is 5.92 Å². The summed E-state index contributed by atoms with van der Waals surface area (Å²) < 4.78 is 32.1. The van der Waals surface area contributed by atoms with Crippen LogP contribution in [0.15, 0.2) is 23.1 Å². The molecule has 1 aromatic rings. The SMILES string of the molecule is COc1ccc(S(=O)(=O)N2CCCN(C(=O)C(C)C)CC2)cc1Cl. The van der Waals surface area contributed by atoms with Crippen molar-refractivity contribution in [2.45, 2.75) is 25.2 Å². The van der Waals surface area contributed by atoms with Crippen LogP contribution in [0.5, 0.6) is 5.75 Å². The van der Waals surface area contributed by atoms with E-state index in [2.05, 4.69) is 0 Å². The first-order valence-electron chi connectivity index (χ1n) is 7.90. The third kappa shape index (κ3) is 4.02. The zero-order valence-corrected chi connectivity index (χ0v) is 15.7. The Morgan fingerprint density at radius 1 is 1.21 bits per heavy atom. The summed E-state index contributed by atoms with van der Waals surface area (Å²) in [5, 5.41) is 0.255. The van der Waals surface area contributed by atoms with Crippen LogP contribution in [0.1, 0.15) is 20.3 Å². The molecule has 1 fully saturated rings. The average Bonchev–Trinajstić information content (AvgIpc) is 2.80. The van der Waals surface area contributed by atoms with Gasteiger partial charge in [0.15, 0.2) is 0 Å². The number of benzene rings is 1. The highest BCUT2D eigenvalue weighted by molar-refractivity contribution is 7.89. The van der Waals surface area contributed by atoms with Crippen molar-refractivity contribution < 1.29 is 17.9 Å². The number of methoxy groups -OCH3 is 1. The summed E-state index contributed by atoms with van der Waals surface area (Å²) in [4.78, 5) is 14.0. The van der Waals surface area contributed by atoms with Crippen LogP contribution in [-0.2, 0) is 14.8 Å². The number of hydrogen-bond donors (Lipinski definition) is 0. The standard InChI is InChI=1S/C16H23ClN2O4S/c1-12(2)16(20)18-7-4-8-19(10-9-18)24(21,22)13-5-6-15(23-3)14(17)11-13/h5-6,11-12H,4,7-10H2,1-3H3. The second kappa shape index (κ2) is 7.72. The molecule has 1 amide bonds. The van der Waals surface area contributed by atoms with Crippen LogP contribution in [0.4, 0.5) is 0 Å². The molecule has 1 aliphatic rings. The van der Waals surface area contributed by atoms with Gasteiger partial charge in [0.2, 0.25) is 15.9 Å². The van der Waals surface area contributed by atoms with Crippen molar-refractivity contribution in [2.75, 3.05) is 33.3 Å². The lowest BCUT2D eigenvalue weighted by atomic mass is 10.2. The van der Waals surface area contributed by atoms with Gasteiger partial charge in [0.25, 0.3) is 0 Å². The van der Waals surface area contributed by atoms with Gasteiger partial charge in [0, 0.05) is 32.1 Å². The van der Waals surface area contributed by atoms with E-state index in [1.165, 1.54) is 23.5 Å². The Hall–Kier alpha value is -1.31. The molecule has 6 nitrogen and oxygen atoms in total. The summed E-state index contributed by atoms with van der Waals surface area (Å²) in [7, 11) is -2.17. The number of amides is 1. The molecule has 0 radical (unpaired) electrons. The van der Waals surface area contributed by atoms with E-state index in [4.69, 9.17) is 16.3 Å². The molecule has 0 saturated carbocycles. The number of rotatable bonds is 4. The van der Waals surface area contributed by atoms with E-state index in [0.29, 0.717) is 31.8 Å². The third-order valence-electron chi connectivity index (χ3n) is 4.02. The first kappa shape index (κ1) is 19.0. The predicted molar refractivity (Wildman–Crippen MR) is 92.8 cm³/mol. The second-order valence-electron chi connectivity index (χ2n) is 6.03. The van der Waals surface area contributed by atoms with E-state index < -0.39 is 10.0 Å². The van der Waals surface area contributed by atoms with E-state index in [1.54, 1.807) is 11.0 Å². The minimum absolute atomic E-state index is 0.0572. The molecule has 0 aromatic heterocycles. The van der Waals surface area contributed by atoms with Gasteiger partial charge in [0.1, 0.15) is 5.75 Å². The Balaban J connectivity index is 2.18. The van der Waals surface area contributed by atoms with E-state index in [0.717, 1.165) is 0 Å². The minimum atomic E-state index is -3.65. The Morgan fingerprint density at radius 2 is 1.92 bits per heavy atom. The zero-order valence-electron chi connectivity index (χ0n) is 14.2. The molecule has 1 aliphatic heterocycles. The molecule has 1 saturated heterocycles. The fourth-order valence-corrected chi connectivity index (χ4v) is 4.50. The Morgan fingerprint density at radius 3 is 2.50 bits per heavy atom. The molecule has 24 heavy (non-hydrogen) atoms. The highest BCUT2D eigenvalue weighted by atomic mass is 35.5. The molecule has 134 valence electrons. The molecule has 0 spiro atoms. The van der Waals surface area contributed by atoms with Crippen LogP contribution in [0.2, 0.25) is 5.02 Å². The van der Waals surface area contributed by atoms with Crippen LogP contribution in [-0.4, -0.2) is 56.8 Å². The molecular formula is C16H23ClN2O4S. The highest BCUT2D eigenvalue weighted by Gasteiger charge is 2.29. The highest BCUT2D eigenvalue weighted by Crippen LogP contribution is 2.28. The average molecular weight is 375 g/mol. The molecule has 0 aliphatic carbocycles. The van der Waals surface area contributed by atoms with E-state index in [1.807, 2.05) is 13.8 Å². The largest absolute Gasteiger partial charge is 0.495 e. The van der Waals surface area contributed by atoms with Crippen molar-refractivity contribution in [3.63, 3.8) is 0 Å². The molecule has 1 heterocycles. The van der Waals surface area contributed by atoms with Crippen LogP contribution >= 0.6 is 11.6 Å². The molecule has 0 unspecified atom stereocenters. The van der Waals surface area contributed by atoms with Gasteiger partial charge in [-0.3, -0.25) is 4.79 Å². The molecule has 0 N–H and O–H groups in total. The number of sulfonamides is 1. The summed E-state index contributed by atoms with van der Waals surface area (Å²) in [5.41, 5.74) is 0. The number of carbonyl (C=O) groups is 1. The van der Waals surface area contributed by atoms with Crippen molar-refractivity contribution in [1.82, 2.24) is 9.21 Å². The van der Waals surface area contributed by atoms with Gasteiger partial charge >= 0.3 is 0 Å². The second-order valence-corrected chi connectivity index (χ2v) is 8.38. The molecule has 0 bridgehead atoms. The van der Waals surface area contributed by atoms with Gasteiger partial charge in [-0.2, -0.15) is 4.31 Å². The van der Waals surface area contributed by atoms with Crippen LogP contribution in [0.25, 0.3) is 0 Å². The fraction of sp³-hybridized carbons (Fsp3) is 0.562. The lowest BCUT2D eigenvalue weighted by Crippen LogP contribution is -2.38. The topological polar surface area (TPSA) is 66.9 Å². The quantitative estimate of drug-likeness (QED) is 0.810. The van der Waals surface area contributed by atoms with Crippen molar-refractivity contribution in [2.24, 2.45) is 5.92 Å². The van der Waals surface area contributed by atoms with Crippen molar-refractivity contribution in [3.05, 3.63) is 23.2 Å². The van der Waals surface area contributed by atoms with Crippen molar-refractivity contribution >= 4 is 27.5 Å². The van der Waals surface area contributed by atoms with Gasteiger partial charge in [-0.1, -0.05) is 25.4 Å². The summed E-state index contributed by atoms with van der Waals surface area (Å²) in [6, 6.07) is 4.43. The molecule has 0 atom stereocenters. The van der Waals surface area contributed by atoms with Crippen molar-refractivity contribution in [1.29, 1.82) is 0 Å². The van der Waals surface area contributed by atoms with E-state index >= 15 is 0 Å². The maximum Gasteiger partial charge on any atom is 0.243 e. The summed E-state index contributed by atoms with van der Waals surface area (Å²) in [6.07, 6.45) is 0.613. The molecule has 2 rings (SSSR count).